The van der Waals surface area contributed by atoms with Crippen LogP contribution in [0, 0.1) is 0 Å². The molecule has 5 heteroatoms. The summed E-state index contributed by atoms with van der Waals surface area (Å²) in [6.07, 6.45) is -2.15. The molecule has 0 amide bonds. The molecule has 64 valence electrons. The van der Waals surface area contributed by atoms with E-state index in [4.69, 9.17) is 10.8 Å². The van der Waals surface area contributed by atoms with Crippen LogP contribution in [-0.2, 0) is 4.79 Å². The molecule has 0 aromatic heterocycles. The van der Waals surface area contributed by atoms with Crippen molar-refractivity contribution in [3.8, 4) is 0 Å². The van der Waals surface area contributed by atoms with E-state index in [0.29, 0.717) is 0 Å². The van der Waals surface area contributed by atoms with E-state index in [-0.39, 0.29) is 18.9 Å². The number of carbonyl (C=O) groups is 1. The Kier molecular flexibility index (Phi) is 1.85. The van der Waals surface area contributed by atoms with E-state index in [1.165, 1.54) is 0 Å². The van der Waals surface area contributed by atoms with Gasteiger partial charge in [-0.05, 0) is 12.8 Å². The summed E-state index contributed by atoms with van der Waals surface area (Å²) in [4.78, 5) is 10.1. The second-order valence-electron chi connectivity index (χ2n) is 2.97. The smallest absolute Gasteiger partial charge is 0.341 e. The summed E-state index contributed by atoms with van der Waals surface area (Å²) in [5, 5.41) is 17.4. The Morgan fingerprint density at radius 2 is 2.18 bits per heavy atom. The first-order chi connectivity index (χ1) is 4.96. The maximum Gasteiger partial charge on any atom is 0.341 e. The van der Waals surface area contributed by atoms with Crippen LogP contribution < -0.4 is 5.73 Å². The number of rotatable bonds is 2. The lowest BCUT2D eigenvalue weighted by Gasteiger charge is -2.42. The van der Waals surface area contributed by atoms with Crippen molar-refractivity contribution in [1.29, 1.82) is 0 Å². The number of hydrogen-bond acceptors (Lipinski definition) is 3. The second-order valence-corrected chi connectivity index (χ2v) is 2.97. The fourth-order valence-corrected chi connectivity index (χ4v) is 1.29. The van der Waals surface area contributed by atoms with E-state index in [0.717, 1.165) is 0 Å². The zero-order chi connectivity index (χ0) is 8.65. The average molecular weight is 163 g/mol. The van der Waals surface area contributed by atoms with Crippen molar-refractivity contribution >= 4 is 5.97 Å². The number of halogens is 1. The molecule has 0 heterocycles. The van der Waals surface area contributed by atoms with Gasteiger partial charge < -0.3 is 15.9 Å². The highest BCUT2D eigenvalue weighted by molar-refractivity contribution is 5.74. The van der Waals surface area contributed by atoms with Gasteiger partial charge in [0.25, 0.3) is 0 Å². The molecule has 0 spiro atoms. The molecule has 1 saturated carbocycles. The number of carboxylic acid groups (broad SMARTS) is 1. The van der Waals surface area contributed by atoms with Crippen LogP contribution in [0.4, 0.5) is 4.39 Å². The third-order valence-electron chi connectivity index (χ3n) is 1.92. The predicted octanol–water partition coefficient (Wildman–Crippen LogP) is -0.739. The molecular weight excluding hydrogens is 153 g/mol. The fourth-order valence-electron chi connectivity index (χ4n) is 1.29. The molecule has 0 aromatic rings. The molecule has 1 aliphatic rings. The molecule has 0 saturated heterocycles. The molecule has 1 unspecified atom stereocenters. The molecule has 1 atom stereocenters. The van der Waals surface area contributed by atoms with Gasteiger partial charge in [0.05, 0.1) is 0 Å². The zero-order valence-corrected chi connectivity index (χ0v) is 5.83. The molecule has 4 N–H and O–H groups in total. The molecular formula is C6H10FNO3. The summed E-state index contributed by atoms with van der Waals surface area (Å²) >= 11 is 0. The van der Waals surface area contributed by atoms with Gasteiger partial charge in [-0.25, -0.2) is 9.18 Å². The molecule has 0 radical (unpaired) electrons. The minimum absolute atomic E-state index is 0.0282. The Morgan fingerprint density at radius 1 is 1.73 bits per heavy atom. The van der Waals surface area contributed by atoms with Crippen LogP contribution in [0.1, 0.15) is 12.8 Å². The highest BCUT2D eigenvalue weighted by Gasteiger charge is 2.50. The van der Waals surface area contributed by atoms with Crippen molar-refractivity contribution in [2.75, 3.05) is 0 Å². The average Bonchev–Trinajstić information content (AvgIpc) is 1.83. The van der Waals surface area contributed by atoms with Crippen LogP contribution in [0.5, 0.6) is 0 Å². The Balaban J connectivity index is 2.54. The van der Waals surface area contributed by atoms with Crippen molar-refractivity contribution in [2.45, 2.75) is 30.7 Å². The van der Waals surface area contributed by atoms with Gasteiger partial charge in [0, 0.05) is 6.04 Å². The minimum atomic E-state index is -2.21. The lowest BCUT2D eigenvalue weighted by atomic mass is 9.73. The van der Waals surface area contributed by atoms with Gasteiger partial charge in [-0.2, -0.15) is 0 Å². The highest BCUT2D eigenvalue weighted by Crippen LogP contribution is 2.35. The van der Waals surface area contributed by atoms with Gasteiger partial charge in [-0.15, -0.1) is 0 Å². The quantitative estimate of drug-likeness (QED) is 0.500. The fraction of sp³-hybridized carbons (Fsp3) is 0.833. The number of carboxylic acids is 1. The first-order valence-corrected chi connectivity index (χ1v) is 3.30. The van der Waals surface area contributed by atoms with Crippen molar-refractivity contribution in [1.82, 2.24) is 0 Å². The van der Waals surface area contributed by atoms with Crippen molar-refractivity contribution in [3.63, 3.8) is 0 Å². The van der Waals surface area contributed by atoms with Crippen LogP contribution in [-0.4, -0.2) is 34.0 Å². The lowest BCUT2D eigenvalue weighted by molar-refractivity contribution is -0.164. The third-order valence-corrected chi connectivity index (χ3v) is 1.92. The summed E-state index contributed by atoms with van der Waals surface area (Å²) in [6, 6.07) is -0.266. The number of nitrogens with two attached hydrogens (primary N) is 1. The van der Waals surface area contributed by atoms with E-state index in [1.54, 1.807) is 0 Å². The normalized spacial score (nSPS) is 39.4. The SMILES string of the molecule is NC1CC(O)(C(F)C(=O)O)C1. The zero-order valence-electron chi connectivity index (χ0n) is 5.83. The molecule has 4 nitrogen and oxygen atoms in total. The molecule has 1 aliphatic carbocycles. The molecule has 1 fully saturated rings. The number of alkyl halides is 1. The Morgan fingerprint density at radius 3 is 2.45 bits per heavy atom. The number of aliphatic hydroxyl groups is 1. The maximum atomic E-state index is 12.6. The largest absolute Gasteiger partial charge is 0.479 e. The first-order valence-electron chi connectivity index (χ1n) is 3.30. The number of aliphatic carboxylic acids is 1. The predicted molar refractivity (Wildman–Crippen MR) is 34.7 cm³/mol. The van der Waals surface area contributed by atoms with Crippen molar-refractivity contribution < 1.29 is 19.4 Å². The van der Waals surface area contributed by atoms with Gasteiger partial charge in [0.15, 0.2) is 0 Å². The van der Waals surface area contributed by atoms with Crippen LogP contribution in [0.25, 0.3) is 0 Å². The lowest BCUT2D eigenvalue weighted by Crippen LogP contribution is -2.59. The summed E-state index contributed by atoms with van der Waals surface area (Å²) in [5.41, 5.74) is 3.56. The van der Waals surface area contributed by atoms with Gasteiger partial charge in [0.1, 0.15) is 5.60 Å². The van der Waals surface area contributed by atoms with Gasteiger partial charge in [-0.1, -0.05) is 0 Å². The van der Waals surface area contributed by atoms with E-state index < -0.39 is 17.7 Å². The molecule has 0 aliphatic heterocycles. The van der Waals surface area contributed by atoms with Crippen molar-refractivity contribution in [3.05, 3.63) is 0 Å². The topological polar surface area (TPSA) is 83.5 Å². The van der Waals surface area contributed by atoms with Crippen molar-refractivity contribution in [2.24, 2.45) is 5.73 Å². The van der Waals surface area contributed by atoms with Crippen LogP contribution in [0.3, 0.4) is 0 Å². The Labute approximate surface area is 62.8 Å². The summed E-state index contributed by atoms with van der Waals surface area (Å²) in [5.74, 6) is -1.63. The van der Waals surface area contributed by atoms with Crippen LogP contribution in [0.15, 0.2) is 0 Å². The van der Waals surface area contributed by atoms with E-state index >= 15 is 0 Å². The molecule has 11 heavy (non-hydrogen) atoms. The van der Waals surface area contributed by atoms with Gasteiger partial charge in [-0.3, -0.25) is 0 Å². The second kappa shape index (κ2) is 2.42. The summed E-state index contributed by atoms with van der Waals surface area (Å²) in [7, 11) is 0. The van der Waals surface area contributed by atoms with Crippen LogP contribution >= 0.6 is 0 Å². The standard InChI is InChI=1S/C6H10FNO3/c7-4(5(9)10)6(11)1-3(8)2-6/h3-4,11H,1-2,8H2,(H,9,10). The summed E-state index contributed by atoms with van der Waals surface area (Å²) in [6.45, 7) is 0. The van der Waals surface area contributed by atoms with E-state index in [2.05, 4.69) is 0 Å². The maximum absolute atomic E-state index is 12.6. The number of hydrogen-bond donors (Lipinski definition) is 3. The van der Waals surface area contributed by atoms with E-state index in [9.17, 15) is 14.3 Å². The Hall–Kier alpha value is -0.680. The van der Waals surface area contributed by atoms with E-state index in [1.807, 2.05) is 0 Å². The summed E-state index contributed by atoms with van der Waals surface area (Å²) < 4.78 is 12.6. The Bertz CT molecular complexity index is 179. The van der Waals surface area contributed by atoms with Crippen LogP contribution in [0.2, 0.25) is 0 Å². The molecule has 0 aromatic carbocycles. The highest BCUT2D eigenvalue weighted by atomic mass is 19.1. The minimum Gasteiger partial charge on any atom is -0.479 e. The monoisotopic (exact) mass is 163 g/mol. The first kappa shape index (κ1) is 8.42. The molecule has 1 rings (SSSR count). The van der Waals surface area contributed by atoms with Gasteiger partial charge >= 0.3 is 5.97 Å². The molecule has 0 bridgehead atoms. The van der Waals surface area contributed by atoms with Gasteiger partial charge in [0.2, 0.25) is 6.17 Å². The third kappa shape index (κ3) is 1.34.